The summed E-state index contributed by atoms with van der Waals surface area (Å²) in [6.45, 7) is 4.12. The van der Waals surface area contributed by atoms with E-state index in [1.165, 1.54) is 44.9 Å². The van der Waals surface area contributed by atoms with Crippen LogP contribution in [0.15, 0.2) is 0 Å². The first-order valence-corrected chi connectivity index (χ1v) is 6.47. The molecule has 1 N–H and O–H groups in total. The van der Waals surface area contributed by atoms with Crippen LogP contribution in [0.25, 0.3) is 0 Å². The zero-order valence-electron chi connectivity index (χ0n) is 9.93. The van der Waals surface area contributed by atoms with Crippen LogP contribution in [0.5, 0.6) is 0 Å². The molecule has 1 rings (SSSR count). The molecule has 0 bridgehead atoms. The molecule has 2 nitrogen and oxygen atoms in total. The van der Waals surface area contributed by atoms with Gasteiger partial charge in [0, 0.05) is 12.5 Å². The Hall–Kier alpha value is -0.370. The van der Waals surface area contributed by atoms with Gasteiger partial charge in [0.15, 0.2) is 0 Å². The fourth-order valence-corrected chi connectivity index (χ4v) is 2.36. The SMILES string of the molecule is CCCCCCCC[C@@H]1CNC[C@@H]1[C]=O. The first-order valence-electron chi connectivity index (χ1n) is 6.47. The highest BCUT2D eigenvalue weighted by Crippen LogP contribution is 2.21. The van der Waals surface area contributed by atoms with Gasteiger partial charge < -0.3 is 5.32 Å². The largest absolute Gasteiger partial charge is 0.316 e. The molecule has 0 aliphatic carbocycles. The monoisotopic (exact) mass is 210 g/mol. The number of hydrogen-bond donors (Lipinski definition) is 1. The number of unbranched alkanes of at least 4 members (excludes halogenated alkanes) is 5. The molecule has 1 radical (unpaired) electrons. The van der Waals surface area contributed by atoms with Crippen molar-refractivity contribution >= 4 is 6.29 Å². The van der Waals surface area contributed by atoms with Gasteiger partial charge in [-0.25, -0.2) is 0 Å². The van der Waals surface area contributed by atoms with Crippen molar-refractivity contribution in [1.82, 2.24) is 5.32 Å². The van der Waals surface area contributed by atoms with E-state index in [2.05, 4.69) is 18.5 Å². The van der Waals surface area contributed by atoms with E-state index in [-0.39, 0.29) is 5.92 Å². The van der Waals surface area contributed by atoms with Gasteiger partial charge in [0.1, 0.15) is 0 Å². The zero-order valence-corrected chi connectivity index (χ0v) is 9.93. The Bertz CT molecular complexity index is 170. The van der Waals surface area contributed by atoms with Crippen molar-refractivity contribution < 1.29 is 4.79 Å². The molecule has 0 aromatic carbocycles. The van der Waals surface area contributed by atoms with E-state index < -0.39 is 0 Å². The summed E-state index contributed by atoms with van der Waals surface area (Å²) < 4.78 is 0. The predicted molar refractivity (Wildman–Crippen MR) is 63.5 cm³/mol. The highest BCUT2D eigenvalue weighted by Gasteiger charge is 2.26. The maximum atomic E-state index is 10.6. The molecule has 1 fully saturated rings. The second-order valence-electron chi connectivity index (χ2n) is 4.70. The van der Waals surface area contributed by atoms with Gasteiger partial charge in [-0.3, -0.25) is 4.79 Å². The van der Waals surface area contributed by atoms with Crippen LogP contribution in [-0.4, -0.2) is 19.4 Å². The number of nitrogens with one attached hydrogen (secondary N) is 1. The van der Waals surface area contributed by atoms with Crippen LogP contribution in [0.1, 0.15) is 51.9 Å². The number of carbonyl (C=O) groups excluding carboxylic acids is 1. The molecule has 1 aliphatic rings. The van der Waals surface area contributed by atoms with E-state index in [0.717, 1.165) is 13.1 Å². The molecule has 1 saturated heterocycles. The Labute approximate surface area is 93.8 Å². The van der Waals surface area contributed by atoms with E-state index in [9.17, 15) is 4.79 Å². The molecule has 0 aromatic heterocycles. The van der Waals surface area contributed by atoms with Crippen LogP contribution in [0.4, 0.5) is 0 Å². The average molecular weight is 210 g/mol. The van der Waals surface area contributed by atoms with Crippen LogP contribution < -0.4 is 5.32 Å². The Morgan fingerprint density at radius 2 is 1.87 bits per heavy atom. The topological polar surface area (TPSA) is 29.1 Å². The van der Waals surface area contributed by atoms with Crippen molar-refractivity contribution in [3.8, 4) is 0 Å². The van der Waals surface area contributed by atoms with E-state index >= 15 is 0 Å². The normalized spacial score (nSPS) is 25.7. The Morgan fingerprint density at radius 3 is 2.60 bits per heavy atom. The minimum atomic E-state index is 0.167. The lowest BCUT2D eigenvalue weighted by Gasteiger charge is -2.11. The third kappa shape index (κ3) is 4.78. The molecule has 87 valence electrons. The Kier molecular flexibility index (Phi) is 6.66. The maximum absolute atomic E-state index is 10.6. The predicted octanol–water partition coefficient (Wildman–Crippen LogP) is 2.68. The molecular formula is C13H24NO. The second kappa shape index (κ2) is 7.86. The summed E-state index contributed by atoms with van der Waals surface area (Å²) in [6, 6.07) is 0. The van der Waals surface area contributed by atoms with Crippen LogP contribution in [0.3, 0.4) is 0 Å². The van der Waals surface area contributed by atoms with Crippen molar-refractivity contribution in [2.45, 2.75) is 51.9 Å². The smallest absolute Gasteiger partial charge is 0.203 e. The van der Waals surface area contributed by atoms with Crippen LogP contribution in [0.2, 0.25) is 0 Å². The first-order chi connectivity index (χ1) is 7.38. The summed E-state index contributed by atoms with van der Waals surface area (Å²) >= 11 is 0. The van der Waals surface area contributed by atoms with Gasteiger partial charge in [-0.1, -0.05) is 45.4 Å². The molecule has 0 aromatic rings. The van der Waals surface area contributed by atoms with Gasteiger partial charge in [-0.2, -0.15) is 0 Å². The fourth-order valence-electron chi connectivity index (χ4n) is 2.36. The molecule has 2 atom stereocenters. The summed E-state index contributed by atoms with van der Waals surface area (Å²) in [4.78, 5) is 10.6. The lowest BCUT2D eigenvalue weighted by molar-refractivity contribution is 0.423. The standard InChI is InChI=1S/C13H24NO/c1-2-3-4-5-6-7-8-12-9-14-10-13(12)11-15/h12-14H,2-10H2,1H3/t12-,13-/m1/s1. The van der Waals surface area contributed by atoms with Crippen molar-refractivity contribution in [1.29, 1.82) is 0 Å². The first kappa shape index (κ1) is 12.7. The lowest BCUT2D eigenvalue weighted by atomic mass is 9.91. The summed E-state index contributed by atoms with van der Waals surface area (Å²) in [5.41, 5.74) is 0. The number of rotatable bonds is 8. The third-order valence-electron chi connectivity index (χ3n) is 3.42. The van der Waals surface area contributed by atoms with E-state index in [1.54, 1.807) is 0 Å². The molecular weight excluding hydrogens is 186 g/mol. The van der Waals surface area contributed by atoms with Crippen molar-refractivity contribution in [2.75, 3.05) is 13.1 Å². The van der Waals surface area contributed by atoms with Gasteiger partial charge in [-0.15, -0.1) is 0 Å². The van der Waals surface area contributed by atoms with Crippen LogP contribution in [-0.2, 0) is 4.79 Å². The van der Waals surface area contributed by atoms with Gasteiger partial charge in [0.25, 0.3) is 0 Å². The van der Waals surface area contributed by atoms with Crippen LogP contribution in [0, 0.1) is 11.8 Å². The molecule has 2 heteroatoms. The molecule has 1 aliphatic heterocycles. The summed E-state index contributed by atoms with van der Waals surface area (Å²) in [6.07, 6.45) is 11.4. The molecule has 0 amide bonds. The van der Waals surface area contributed by atoms with Crippen molar-refractivity contribution in [3.05, 3.63) is 0 Å². The van der Waals surface area contributed by atoms with Crippen molar-refractivity contribution in [3.63, 3.8) is 0 Å². The number of hydrogen-bond acceptors (Lipinski definition) is 2. The Morgan fingerprint density at radius 1 is 1.13 bits per heavy atom. The molecule has 1 heterocycles. The lowest BCUT2D eigenvalue weighted by Crippen LogP contribution is -2.13. The zero-order chi connectivity index (χ0) is 10.9. The van der Waals surface area contributed by atoms with Gasteiger partial charge in [-0.05, 0) is 18.9 Å². The highest BCUT2D eigenvalue weighted by molar-refractivity contribution is 5.56. The summed E-state index contributed by atoms with van der Waals surface area (Å²) in [5.74, 6) is 0.731. The van der Waals surface area contributed by atoms with E-state index in [1.807, 2.05) is 0 Å². The third-order valence-corrected chi connectivity index (χ3v) is 3.42. The second-order valence-corrected chi connectivity index (χ2v) is 4.70. The minimum Gasteiger partial charge on any atom is -0.316 e. The van der Waals surface area contributed by atoms with Gasteiger partial charge in [0.2, 0.25) is 6.29 Å². The van der Waals surface area contributed by atoms with E-state index in [0.29, 0.717) is 5.92 Å². The molecule has 0 saturated carbocycles. The van der Waals surface area contributed by atoms with Gasteiger partial charge >= 0.3 is 0 Å². The van der Waals surface area contributed by atoms with Crippen molar-refractivity contribution in [2.24, 2.45) is 11.8 Å². The fraction of sp³-hybridized carbons (Fsp3) is 0.923. The van der Waals surface area contributed by atoms with Crippen LogP contribution >= 0.6 is 0 Å². The van der Waals surface area contributed by atoms with E-state index in [4.69, 9.17) is 0 Å². The molecule has 0 unspecified atom stereocenters. The highest BCUT2D eigenvalue weighted by atomic mass is 16.1. The van der Waals surface area contributed by atoms with Gasteiger partial charge in [0.05, 0.1) is 0 Å². The quantitative estimate of drug-likeness (QED) is 0.624. The molecule has 15 heavy (non-hydrogen) atoms. The average Bonchev–Trinajstić information content (AvgIpc) is 2.70. The minimum absolute atomic E-state index is 0.167. The Balaban J connectivity index is 1.97. The summed E-state index contributed by atoms with van der Waals surface area (Å²) in [5, 5.41) is 3.27. The molecule has 0 spiro atoms. The summed E-state index contributed by atoms with van der Waals surface area (Å²) in [7, 11) is 0. The maximum Gasteiger partial charge on any atom is 0.203 e.